The molecule has 0 aliphatic heterocycles. The number of carbonyl (C=O) groups is 1. The number of hydrogen-bond acceptors (Lipinski definition) is 4. The van der Waals surface area contributed by atoms with Crippen molar-refractivity contribution in [3.05, 3.63) is 29.8 Å². The van der Waals surface area contributed by atoms with Gasteiger partial charge in [0.25, 0.3) is 5.91 Å². The Morgan fingerprint density at radius 1 is 1.32 bits per heavy atom. The van der Waals surface area contributed by atoms with E-state index in [1.54, 1.807) is 24.3 Å². The minimum Gasteiger partial charge on any atom is -0.493 e. The molecule has 0 heterocycles. The van der Waals surface area contributed by atoms with E-state index in [-0.39, 0.29) is 23.7 Å². The van der Waals surface area contributed by atoms with Crippen molar-refractivity contribution in [2.75, 3.05) is 13.2 Å². The van der Waals surface area contributed by atoms with Crippen LogP contribution in [0.25, 0.3) is 0 Å². The van der Waals surface area contributed by atoms with Crippen molar-refractivity contribution in [3.8, 4) is 5.75 Å². The van der Waals surface area contributed by atoms with Crippen LogP contribution in [0.2, 0.25) is 0 Å². The van der Waals surface area contributed by atoms with Gasteiger partial charge in [0, 0.05) is 5.56 Å². The van der Waals surface area contributed by atoms with Gasteiger partial charge in [-0.2, -0.15) is 0 Å². The first-order chi connectivity index (χ1) is 10.5. The fourth-order valence-electron chi connectivity index (χ4n) is 1.64. The topological polar surface area (TPSA) is 70.6 Å². The highest BCUT2D eigenvalue weighted by Gasteiger charge is 2.11. The molecule has 0 spiro atoms. The summed E-state index contributed by atoms with van der Waals surface area (Å²) in [7, 11) is 0. The number of thiocarbonyl (C=S) groups is 1. The number of aliphatic hydroxyl groups excluding tert-OH is 1. The number of ether oxygens (including phenoxy) is 1. The zero-order valence-corrected chi connectivity index (χ0v) is 14.1. The number of carbonyl (C=O) groups excluding carboxylic acids is 1. The average Bonchev–Trinajstić information content (AvgIpc) is 2.50. The van der Waals surface area contributed by atoms with Crippen molar-refractivity contribution in [1.29, 1.82) is 0 Å². The Morgan fingerprint density at radius 3 is 2.45 bits per heavy atom. The van der Waals surface area contributed by atoms with Gasteiger partial charge in [-0.05, 0) is 48.8 Å². The molecule has 0 radical (unpaired) electrons. The molecule has 1 aromatic carbocycles. The molecule has 122 valence electrons. The standard InChI is InChI=1S/C16H24N2O3S/c1-4-13(9-19)17-16(22)18-15(20)12-5-7-14(8-6-12)21-10-11(2)3/h5-8,11,13,19H,4,9-10H2,1-3H3,(H2,17,18,20,22). The molecule has 6 heteroatoms. The molecular formula is C16H24N2O3S. The van der Waals surface area contributed by atoms with Crippen LogP contribution in [0.1, 0.15) is 37.6 Å². The summed E-state index contributed by atoms with van der Waals surface area (Å²) in [5, 5.41) is 14.8. The molecule has 0 bridgehead atoms. The van der Waals surface area contributed by atoms with E-state index >= 15 is 0 Å². The maximum Gasteiger partial charge on any atom is 0.257 e. The lowest BCUT2D eigenvalue weighted by Gasteiger charge is -2.16. The zero-order chi connectivity index (χ0) is 16.5. The minimum atomic E-state index is -0.291. The van der Waals surface area contributed by atoms with Crippen LogP contribution in [0.3, 0.4) is 0 Å². The zero-order valence-electron chi connectivity index (χ0n) is 13.3. The summed E-state index contributed by atoms with van der Waals surface area (Å²) in [6.45, 7) is 6.68. The molecule has 0 aliphatic carbocycles. The largest absolute Gasteiger partial charge is 0.493 e. The number of hydrogen-bond donors (Lipinski definition) is 3. The van der Waals surface area contributed by atoms with Crippen molar-refractivity contribution >= 4 is 23.2 Å². The smallest absolute Gasteiger partial charge is 0.257 e. The maximum absolute atomic E-state index is 12.0. The molecular weight excluding hydrogens is 300 g/mol. The Kier molecular flexibility index (Phi) is 7.84. The molecule has 3 N–H and O–H groups in total. The van der Waals surface area contributed by atoms with Crippen LogP contribution < -0.4 is 15.4 Å². The Labute approximate surface area is 137 Å². The minimum absolute atomic E-state index is 0.0333. The lowest BCUT2D eigenvalue weighted by atomic mass is 10.2. The van der Waals surface area contributed by atoms with E-state index in [1.807, 2.05) is 6.92 Å². The van der Waals surface area contributed by atoms with Gasteiger partial charge in [-0.25, -0.2) is 0 Å². The Morgan fingerprint density at radius 2 is 1.95 bits per heavy atom. The van der Waals surface area contributed by atoms with Gasteiger partial charge in [-0.1, -0.05) is 20.8 Å². The van der Waals surface area contributed by atoms with Crippen LogP contribution in [0.15, 0.2) is 24.3 Å². The Hall–Kier alpha value is -1.66. The quantitative estimate of drug-likeness (QED) is 0.670. The second kappa shape index (κ2) is 9.38. The molecule has 1 amide bonds. The average molecular weight is 324 g/mol. The van der Waals surface area contributed by atoms with Crippen molar-refractivity contribution in [3.63, 3.8) is 0 Å². The summed E-state index contributed by atoms with van der Waals surface area (Å²) in [5.74, 6) is 0.891. The van der Waals surface area contributed by atoms with Crippen LogP contribution >= 0.6 is 12.2 Å². The lowest BCUT2D eigenvalue weighted by molar-refractivity contribution is 0.0976. The van der Waals surface area contributed by atoms with Gasteiger partial charge < -0.3 is 15.2 Å². The van der Waals surface area contributed by atoms with E-state index < -0.39 is 0 Å². The summed E-state index contributed by atoms with van der Waals surface area (Å²) in [5.41, 5.74) is 0.498. The predicted molar refractivity (Wildman–Crippen MR) is 91.1 cm³/mol. The van der Waals surface area contributed by atoms with Crippen molar-refractivity contribution < 1.29 is 14.6 Å². The maximum atomic E-state index is 12.0. The molecule has 0 saturated carbocycles. The number of rotatable bonds is 7. The first-order valence-corrected chi connectivity index (χ1v) is 7.82. The summed E-state index contributed by atoms with van der Waals surface area (Å²) >= 11 is 5.06. The number of aliphatic hydroxyl groups is 1. The third-order valence-corrected chi connectivity index (χ3v) is 3.20. The van der Waals surface area contributed by atoms with Crippen molar-refractivity contribution in [1.82, 2.24) is 10.6 Å². The van der Waals surface area contributed by atoms with Gasteiger partial charge in [-0.15, -0.1) is 0 Å². The van der Waals surface area contributed by atoms with E-state index in [0.29, 0.717) is 24.5 Å². The fourth-order valence-corrected chi connectivity index (χ4v) is 1.90. The van der Waals surface area contributed by atoms with Gasteiger partial charge in [-0.3, -0.25) is 10.1 Å². The Balaban J connectivity index is 2.53. The molecule has 0 aromatic heterocycles. The van der Waals surface area contributed by atoms with Crippen LogP contribution in [0, 0.1) is 5.92 Å². The summed E-state index contributed by atoms with van der Waals surface area (Å²) in [4.78, 5) is 12.0. The normalized spacial score (nSPS) is 11.9. The molecule has 5 nitrogen and oxygen atoms in total. The van der Waals surface area contributed by atoms with Crippen LogP contribution in [-0.2, 0) is 0 Å². The third-order valence-electron chi connectivity index (χ3n) is 2.98. The molecule has 0 aliphatic rings. The number of benzene rings is 1. The van der Waals surface area contributed by atoms with Gasteiger partial charge in [0.15, 0.2) is 5.11 Å². The van der Waals surface area contributed by atoms with Crippen LogP contribution in [0.5, 0.6) is 5.75 Å². The first kappa shape index (κ1) is 18.4. The third kappa shape index (κ3) is 6.41. The molecule has 1 rings (SSSR count). The SMILES string of the molecule is CCC(CO)NC(=S)NC(=O)c1ccc(OCC(C)C)cc1. The van der Waals surface area contributed by atoms with Crippen molar-refractivity contribution in [2.45, 2.75) is 33.2 Å². The molecule has 1 atom stereocenters. The van der Waals surface area contributed by atoms with Gasteiger partial charge in [0.2, 0.25) is 0 Å². The molecule has 22 heavy (non-hydrogen) atoms. The molecule has 0 saturated heterocycles. The highest BCUT2D eigenvalue weighted by Crippen LogP contribution is 2.13. The number of nitrogens with one attached hydrogen (secondary N) is 2. The monoisotopic (exact) mass is 324 g/mol. The molecule has 1 unspecified atom stereocenters. The summed E-state index contributed by atoms with van der Waals surface area (Å²) in [6, 6.07) is 6.75. The van der Waals surface area contributed by atoms with E-state index in [1.165, 1.54) is 0 Å². The number of amides is 1. The van der Waals surface area contributed by atoms with E-state index in [9.17, 15) is 4.79 Å². The van der Waals surface area contributed by atoms with Crippen LogP contribution in [-0.4, -0.2) is 35.4 Å². The second-order valence-electron chi connectivity index (χ2n) is 5.44. The second-order valence-corrected chi connectivity index (χ2v) is 5.85. The highest BCUT2D eigenvalue weighted by atomic mass is 32.1. The molecule has 1 aromatic rings. The summed E-state index contributed by atoms with van der Waals surface area (Å²) < 4.78 is 5.57. The fraction of sp³-hybridized carbons (Fsp3) is 0.500. The van der Waals surface area contributed by atoms with Gasteiger partial charge in [0.05, 0.1) is 19.3 Å². The van der Waals surface area contributed by atoms with Crippen LogP contribution in [0.4, 0.5) is 0 Å². The van der Waals surface area contributed by atoms with E-state index in [2.05, 4.69) is 24.5 Å². The lowest BCUT2D eigenvalue weighted by Crippen LogP contribution is -2.45. The van der Waals surface area contributed by atoms with E-state index in [0.717, 1.165) is 5.75 Å². The Bertz CT molecular complexity index is 485. The first-order valence-electron chi connectivity index (χ1n) is 7.41. The highest BCUT2D eigenvalue weighted by molar-refractivity contribution is 7.80. The predicted octanol–water partition coefficient (Wildman–Crippen LogP) is 2.10. The van der Waals surface area contributed by atoms with Gasteiger partial charge in [0.1, 0.15) is 5.75 Å². The van der Waals surface area contributed by atoms with Gasteiger partial charge >= 0.3 is 0 Å². The van der Waals surface area contributed by atoms with E-state index in [4.69, 9.17) is 22.1 Å². The molecule has 0 fully saturated rings. The summed E-state index contributed by atoms with van der Waals surface area (Å²) in [6.07, 6.45) is 0.717. The van der Waals surface area contributed by atoms with Crippen molar-refractivity contribution in [2.24, 2.45) is 5.92 Å².